The molecule has 2 aliphatic rings. The zero-order valence-corrected chi connectivity index (χ0v) is 17.7. The first-order chi connectivity index (χ1) is 13.8. The number of urea groups is 1. The zero-order valence-electron chi connectivity index (χ0n) is 16.9. The summed E-state index contributed by atoms with van der Waals surface area (Å²) in [5.41, 5.74) is -0.177. The number of hydrogen-bond donors (Lipinski definition) is 2. The molecule has 2 fully saturated rings. The van der Waals surface area contributed by atoms with E-state index in [1.807, 2.05) is 29.2 Å². The largest absolute Gasteiger partial charge is 0.382 e. The Bertz CT molecular complexity index is 804. The topological polar surface area (TPSA) is 91.0 Å². The van der Waals surface area contributed by atoms with E-state index >= 15 is 0 Å². The predicted molar refractivity (Wildman–Crippen MR) is 110 cm³/mol. The molecule has 0 unspecified atom stereocenters. The Morgan fingerprint density at radius 1 is 1.38 bits per heavy atom. The highest BCUT2D eigenvalue weighted by Crippen LogP contribution is 2.26. The van der Waals surface area contributed by atoms with Gasteiger partial charge in [-0.1, -0.05) is 24.6 Å². The first-order valence-electron chi connectivity index (χ1n) is 9.69. The van der Waals surface area contributed by atoms with E-state index in [9.17, 15) is 14.4 Å². The third-order valence-corrected chi connectivity index (χ3v) is 5.80. The van der Waals surface area contributed by atoms with Gasteiger partial charge < -0.3 is 19.9 Å². The summed E-state index contributed by atoms with van der Waals surface area (Å²) in [5.74, 6) is -0.936. The molecule has 2 saturated heterocycles. The monoisotopic (exact) mass is 422 g/mol. The van der Waals surface area contributed by atoms with Crippen LogP contribution in [0.15, 0.2) is 24.3 Å². The van der Waals surface area contributed by atoms with Crippen molar-refractivity contribution in [3.8, 4) is 0 Å². The molecule has 0 spiro atoms. The molecule has 3 rings (SSSR count). The van der Waals surface area contributed by atoms with E-state index in [0.29, 0.717) is 24.7 Å². The predicted octanol–water partition coefficient (Wildman–Crippen LogP) is 1.63. The van der Waals surface area contributed by atoms with Crippen molar-refractivity contribution in [1.29, 1.82) is 0 Å². The molecule has 2 N–H and O–H groups in total. The number of methoxy groups -OCH3 is 1. The molecule has 9 heteroatoms. The molecule has 0 saturated carbocycles. The average molecular weight is 423 g/mol. The summed E-state index contributed by atoms with van der Waals surface area (Å²) in [6.07, 6.45) is 0.181. The normalized spacial score (nSPS) is 25.6. The highest BCUT2D eigenvalue weighted by molar-refractivity contribution is 6.30. The summed E-state index contributed by atoms with van der Waals surface area (Å²) in [4.78, 5) is 41.0. The van der Waals surface area contributed by atoms with E-state index in [0.717, 1.165) is 5.69 Å². The van der Waals surface area contributed by atoms with Crippen molar-refractivity contribution in [3.05, 3.63) is 29.3 Å². The third-order valence-electron chi connectivity index (χ3n) is 5.56. The van der Waals surface area contributed by atoms with E-state index < -0.39 is 23.4 Å². The van der Waals surface area contributed by atoms with Crippen LogP contribution in [0.5, 0.6) is 0 Å². The van der Waals surface area contributed by atoms with Crippen LogP contribution in [0.3, 0.4) is 0 Å². The lowest BCUT2D eigenvalue weighted by Crippen LogP contribution is -2.57. The summed E-state index contributed by atoms with van der Waals surface area (Å²) in [7, 11) is 1.46. The van der Waals surface area contributed by atoms with E-state index in [1.54, 1.807) is 6.92 Å². The molecule has 0 radical (unpaired) electrons. The van der Waals surface area contributed by atoms with Gasteiger partial charge in [0.2, 0.25) is 5.91 Å². The third kappa shape index (κ3) is 4.48. The highest BCUT2D eigenvalue weighted by atomic mass is 35.5. The number of amides is 4. The maximum absolute atomic E-state index is 13.1. The van der Waals surface area contributed by atoms with Crippen LogP contribution >= 0.6 is 11.6 Å². The van der Waals surface area contributed by atoms with Crippen LogP contribution in [0.2, 0.25) is 5.02 Å². The number of ether oxygens (including phenoxy) is 1. The Balaban J connectivity index is 1.65. The molecule has 0 aliphatic carbocycles. The molecule has 29 heavy (non-hydrogen) atoms. The van der Waals surface area contributed by atoms with Gasteiger partial charge in [0, 0.05) is 49.4 Å². The molecule has 2 heterocycles. The minimum absolute atomic E-state index is 0.0150. The van der Waals surface area contributed by atoms with Gasteiger partial charge in [-0.3, -0.25) is 14.9 Å². The van der Waals surface area contributed by atoms with Crippen molar-refractivity contribution in [2.45, 2.75) is 31.8 Å². The number of piperazine rings is 1. The number of hydrogen-bond acceptors (Lipinski definition) is 5. The fourth-order valence-electron chi connectivity index (χ4n) is 4.20. The zero-order chi connectivity index (χ0) is 21.2. The van der Waals surface area contributed by atoms with Gasteiger partial charge in [0.05, 0.1) is 6.61 Å². The first kappa shape index (κ1) is 21.4. The van der Waals surface area contributed by atoms with Crippen molar-refractivity contribution in [2.75, 3.05) is 38.3 Å². The maximum atomic E-state index is 13.1. The van der Waals surface area contributed by atoms with Crippen LogP contribution in [0.4, 0.5) is 10.5 Å². The second-order valence-electron chi connectivity index (χ2n) is 7.84. The SMILES string of the molecule is COC[C@]1(C[C@H](C)C(=O)N2CCN(c3cccc(Cl)c3)[C@@H](C)C2)NC(=O)NC1=O. The van der Waals surface area contributed by atoms with Crippen molar-refractivity contribution in [2.24, 2.45) is 5.92 Å². The van der Waals surface area contributed by atoms with Gasteiger partial charge in [-0.05, 0) is 31.5 Å². The summed E-state index contributed by atoms with van der Waals surface area (Å²) in [5, 5.41) is 5.56. The fraction of sp³-hybridized carbons (Fsp3) is 0.550. The summed E-state index contributed by atoms with van der Waals surface area (Å²) in [6, 6.07) is 7.26. The van der Waals surface area contributed by atoms with Gasteiger partial charge in [0.25, 0.3) is 5.91 Å². The smallest absolute Gasteiger partial charge is 0.322 e. The number of halogens is 1. The Kier molecular flexibility index (Phi) is 6.33. The maximum Gasteiger partial charge on any atom is 0.322 e. The number of carbonyl (C=O) groups is 3. The lowest BCUT2D eigenvalue weighted by atomic mass is 9.87. The number of rotatable bonds is 6. The van der Waals surface area contributed by atoms with Crippen LogP contribution in [-0.4, -0.2) is 67.7 Å². The van der Waals surface area contributed by atoms with Gasteiger partial charge in [0.1, 0.15) is 5.54 Å². The minimum atomic E-state index is -1.21. The van der Waals surface area contributed by atoms with Gasteiger partial charge in [0.15, 0.2) is 0 Å². The number of imide groups is 1. The van der Waals surface area contributed by atoms with Gasteiger partial charge in [-0.25, -0.2) is 4.79 Å². The van der Waals surface area contributed by atoms with Gasteiger partial charge >= 0.3 is 6.03 Å². The van der Waals surface area contributed by atoms with Crippen LogP contribution in [0, 0.1) is 5.92 Å². The molecule has 1 aromatic rings. The Hall–Kier alpha value is -2.32. The average Bonchev–Trinajstić information content (AvgIpc) is 2.94. The van der Waals surface area contributed by atoms with Crippen LogP contribution in [0.25, 0.3) is 0 Å². The molecule has 8 nitrogen and oxygen atoms in total. The quantitative estimate of drug-likeness (QED) is 0.680. The Morgan fingerprint density at radius 2 is 2.14 bits per heavy atom. The highest BCUT2D eigenvalue weighted by Gasteiger charge is 2.48. The number of nitrogens with one attached hydrogen (secondary N) is 2. The molecular weight excluding hydrogens is 396 g/mol. The van der Waals surface area contributed by atoms with Crippen molar-refractivity contribution >= 4 is 35.1 Å². The van der Waals surface area contributed by atoms with Crippen molar-refractivity contribution in [3.63, 3.8) is 0 Å². The fourth-order valence-corrected chi connectivity index (χ4v) is 4.38. The summed E-state index contributed by atoms with van der Waals surface area (Å²) >= 11 is 6.11. The number of carbonyl (C=O) groups excluding carboxylic acids is 3. The molecule has 0 bridgehead atoms. The molecule has 3 atom stereocenters. The van der Waals surface area contributed by atoms with Gasteiger partial charge in [-0.2, -0.15) is 0 Å². The Labute approximate surface area is 175 Å². The lowest BCUT2D eigenvalue weighted by molar-refractivity contribution is -0.137. The second-order valence-corrected chi connectivity index (χ2v) is 8.27. The summed E-state index contributed by atoms with van der Waals surface area (Å²) < 4.78 is 5.15. The van der Waals surface area contributed by atoms with E-state index in [2.05, 4.69) is 22.5 Å². The molecular formula is C20H27ClN4O4. The van der Waals surface area contributed by atoms with E-state index in [-0.39, 0.29) is 25.0 Å². The molecule has 0 aromatic heterocycles. The molecule has 4 amide bonds. The lowest BCUT2D eigenvalue weighted by Gasteiger charge is -2.42. The van der Waals surface area contributed by atoms with Crippen LogP contribution < -0.4 is 15.5 Å². The van der Waals surface area contributed by atoms with Crippen LogP contribution in [-0.2, 0) is 14.3 Å². The molecule has 1 aromatic carbocycles. The summed E-state index contributed by atoms with van der Waals surface area (Å²) in [6.45, 7) is 5.72. The number of anilines is 1. The minimum Gasteiger partial charge on any atom is -0.382 e. The standard InChI is InChI=1S/C20H27ClN4O4/c1-13(10-20(12-29-3)18(27)22-19(28)23-20)17(26)24-7-8-25(14(2)11-24)16-6-4-5-15(21)9-16/h4-6,9,13-14H,7-8,10-12H2,1-3H3,(H2,22,23,27,28)/t13-,14-,20-/m0/s1. The Morgan fingerprint density at radius 3 is 2.72 bits per heavy atom. The van der Waals surface area contributed by atoms with Crippen molar-refractivity contribution < 1.29 is 19.1 Å². The van der Waals surface area contributed by atoms with Crippen molar-refractivity contribution in [1.82, 2.24) is 15.5 Å². The molecule has 158 valence electrons. The number of benzene rings is 1. The van der Waals surface area contributed by atoms with Crippen LogP contribution in [0.1, 0.15) is 20.3 Å². The molecule has 2 aliphatic heterocycles. The van der Waals surface area contributed by atoms with E-state index in [1.165, 1.54) is 7.11 Å². The second kappa shape index (κ2) is 8.59. The van der Waals surface area contributed by atoms with E-state index in [4.69, 9.17) is 16.3 Å². The first-order valence-corrected chi connectivity index (χ1v) is 10.1. The van der Waals surface area contributed by atoms with Gasteiger partial charge in [-0.15, -0.1) is 0 Å². The number of nitrogens with zero attached hydrogens (tertiary/aromatic N) is 2.